The maximum Gasteiger partial charge on any atom is 0.240 e. The van der Waals surface area contributed by atoms with Gasteiger partial charge in [0.15, 0.2) is 0 Å². The summed E-state index contributed by atoms with van der Waals surface area (Å²) in [5, 5.41) is 0.411. The number of hydrogen-bond acceptors (Lipinski definition) is 3. The monoisotopic (exact) mass is 378 g/mol. The van der Waals surface area contributed by atoms with Crippen LogP contribution in [-0.2, 0) is 14.8 Å². The molecule has 0 spiro atoms. The first-order valence-corrected chi connectivity index (χ1v) is 9.84. The number of hydrogen-bond donors (Lipinski definition) is 1. The van der Waals surface area contributed by atoms with Crippen LogP contribution >= 0.6 is 11.6 Å². The van der Waals surface area contributed by atoms with Crippen LogP contribution in [0.2, 0.25) is 5.02 Å². The van der Waals surface area contributed by atoms with Gasteiger partial charge in [-0.05, 0) is 42.7 Å². The van der Waals surface area contributed by atoms with Crippen LogP contribution in [0.1, 0.15) is 12.0 Å². The van der Waals surface area contributed by atoms with Crippen LogP contribution < -0.4 is 9.62 Å². The molecule has 0 radical (unpaired) electrons. The normalized spacial score (nSPS) is 17.9. The highest BCUT2D eigenvalue weighted by molar-refractivity contribution is 7.89. The van der Waals surface area contributed by atoms with Crippen molar-refractivity contribution in [3.8, 4) is 0 Å². The Morgan fingerprint density at radius 3 is 2.60 bits per heavy atom. The summed E-state index contributed by atoms with van der Waals surface area (Å²) in [6, 6.07) is 14.0. The predicted molar refractivity (Wildman–Crippen MR) is 98.3 cm³/mol. The molecule has 1 heterocycles. The van der Waals surface area contributed by atoms with Crippen molar-refractivity contribution in [2.45, 2.75) is 18.2 Å². The Bertz CT molecular complexity index is 884. The van der Waals surface area contributed by atoms with Gasteiger partial charge in [-0.2, -0.15) is 0 Å². The highest BCUT2D eigenvalue weighted by Gasteiger charge is 2.31. The van der Waals surface area contributed by atoms with Crippen LogP contribution in [0.3, 0.4) is 0 Å². The Morgan fingerprint density at radius 1 is 1.20 bits per heavy atom. The van der Waals surface area contributed by atoms with Crippen LogP contribution in [0.15, 0.2) is 53.4 Å². The number of nitrogens with one attached hydrogen (secondary N) is 1. The van der Waals surface area contributed by atoms with Gasteiger partial charge < -0.3 is 4.90 Å². The standard InChI is InChI=1S/C18H19ClN2O3S/c1-13-7-8-16(10-17(13)19)25(23,24)20-11-14-9-18(22)21(12-14)15-5-3-2-4-6-15/h2-8,10,14,20H,9,11-12H2,1H3. The quantitative estimate of drug-likeness (QED) is 0.869. The molecule has 2 aromatic carbocycles. The summed E-state index contributed by atoms with van der Waals surface area (Å²) < 4.78 is 27.4. The maximum absolute atomic E-state index is 12.4. The largest absolute Gasteiger partial charge is 0.312 e. The number of rotatable bonds is 5. The van der Waals surface area contributed by atoms with E-state index in [1.165, 1.54) is 12.1 Å². The second-order valence-corrected chi connectivity index (χ2v) is 8.35. The van der Waals surface area contributed by atoms with Crippen molar-refractivity contribution >= 4 is 33.2 Å². The van der Waals surface area contributed by atoms with E-state index in [4.69, 9.17) is 11.6 Å². The summed E-state index contributed by atoms with van der Waals surface area (Å²) in [5.74, 6) is -0.0582. The molecule has 132 valence electrons. The van der Waals surface area contributed by atoms with Gasteiger partial charge in [0.1, 0.15) is 0 Å². The lowest BCUT2D eigenvalue weighted by molar-refractivity contribution is -0.117. The summed E-state index contributed by atoms with van der Waals surface area (Å²) in [5.41, 5.74) is 1.66. The minimum Gasteiger partial charge on any atom is -0.312 e. The molecule has 0 saturated carbocycles. The van der Waals surface area contributed by atoms with Crippen LogP contribution in [0.25, 0.3) is 0 Å². The van der Waals surface area contributed by atoms with Gasteiger partial charge in [-0.15, -0.1) is 0 Å². The Hall–Kier alpha value is -1.89. The average Bonchev–Trinajstić information content (AvgIpc) is 2.97. The van der Waals surface area contributed by atoms with Crippen molar-refractivity contribution in [1.82, 2.24) is 4.72 Å². The molecule has 2 aromatic rings. The Labute approximate surface area is 152 Å². The lowest BCUT2D eigenvalue weighted by atomic mass is 10.1. The van der Waals surface area contributed by atoms with E-state index in [1.807, 2.05) is 37.3 Å². The van der Waals surface area contributed by atoms with Crippen molar-refractivity contribution < 1.29 is 13.2 Å². The molecule has 5 nitrogen and oxygen atoms in total. The molecular weight excluding hydrogens is 360 g/mol. The molecule has 1 fully saturated rings. The molecule has 25 heavy (non-hydrogen) atoms. The molecular formula is C18H19ClN2O3S. The molecule has 3 rings (SSSR count). The number of halogens is 1. The second kappa shape index (κ2) is 7.15. The van der Waals surface area contributed by atoms with E-state index in [9.17, 15) is 13.2 Å². The zero-order valence-electron chi connectivity index (χ0n) is 13.8. The SMILES string of the molecule is Cc1ccc(S(=O)(=O)NCC2CC(=O)N(c3ccccc3)C2)cc1Cl. The molecule has 1 unspecified atom stereocenters. The van der Waals surface area contributed by atoms with E-state index in [2.05, 4.69) is 4.72 Å². The zero-order valence-corrected chi connectivity index (χ0v) is 15.3. The van der Waals surface area contributed by atoms with Crippen molar-refractivity contribution in [2.75, 3.05) is 18.0 Å². The topological polar surface area (TPSA) is 66.5 Å². The first-order valence-electron chi connectivity index (χ1n) is 7.98. The molecule has 0 bridgehead atoms. The summed E-state index contributed by atoms with van der Waals surface area (Å²) in [7, 11) is -3.65. The van der Waals surface area contributed by atoms with E-state index in [0.717, 1.165) is 11.3 Å². The van der Waals surface area contributed by atoms with E-state index in [1.54, 1.807) is 11.0 Å². The number of para-hydroxylation sites is 1. The van der Waals surface area contributed by atoms with Gasteiger partial charge in [0.2, 0.25) is 15.9 Å². The third-order valence-corrected chi connectivity index (χ3v) is 6.12. The van der Waals surface area contributed by atoms with Gasteiger partial charge in [-0.3, -0.25) is 4.79 Å². The molecule has 1 aliphatic rings. The number of carbonyl (C=O) groups is 1. The van der Waals surface area contributed by atoms with Gasteiger partial charge in [0, 0.05) is 30.2 Å². The highest BCUT2D eigenvalue weighted by Crippen LogP contribution is 2.25. The van der Waals surface area contributed by atoms with Crippen molar-refractivity contribution in [3.63, 3.8) is 0 Å². The summed E-state index contributed by atoms with van der Waals surface area (Å²) in [6.07, 6.45) is 0.325. The lowest BCUT2D eigenvalue weighted by Gasteiger charge is -2.17. The molecule has 1 atom stereocenters. The number of amides is 1. The van der Waals surface area contributed by atoms with E-state index in [0.29, 0.717) is 18.0 Å². The number of anilines is 1. The van der Waals surface area contributed by atoms with Gasteiger partial charge in [0.05, 0.1) is 4.90 Å². The van der Waals surface area contributed by atoms with Crippen LogP contribution in [0.4, 0.5) is 5.69 Å². The molecule has 0 aliphatic carbocycles. The second-order valence-electron chi connectivity index (χ2n) is 6.17. The number of benzene rings is 2. The first kappa shape index (κ1) is 17.9. The minimum absolute atomic E-state index is 0.00813. The third kappa shape index (κ3) is 4.03. The summed E-state index contributed by atoms with van der Waals surface area (Å²) >= 11 is 6.01. The fourth-order valence-corrected chi connectivity index (χ4v) is 4.21. The fraction of sp³-hybridized carbons (Fsp3) is 0.278. The first-order chi connectivity index (χ1) is 11.9. The molecule has 1 aliphatic heterocycles. The van der Waals surface area contributed by atoms with Crippen molar-refractivity contribution in [1.29, 1.82) is 0 Å². The summed E-state index contributed by atoms with van der Waals surface area (Å²) in [6.45, 7) is 2.53. The number of nitrogens with zero attached hydrogens (tertiary/aromatic N) is 1. The molecule has 7 heteroatoms. The summed E-state index contributed by atoms with van der Waals surface area (Å²) in [4.78, 5) is 14.0. The van der Waals surface area contributed by atoms with Gasteiger partial charge in [-0.25, -0.2) is 13.1 Å². The van der Waals surface area contributed by atoms with E-state index in [-0.39, 0.29) is 23.3 Å². The van der Waals surface area contributed by atoms with Crippen LogP contribution in [-0.4, -0.2) is 27.4 Å². The maximum atomic E-state index is 12.4. The van der Waals surface area contributed by atoms with Crippen LogP contribution in [0, 0.1) is 12.8 Å². The molecule has 1 saturated heterocycles. The third-order valence-electron chi connectivity index (χ3n) is 4.29. The van der Waals surface area contributed by atoms with Gasteiger partial charge >= 0.3 is 0 Å². The predicted octanol–water partition coefficient (Wildman–Crippen LogP) is 2.98. The zero-order chi connectivity index (χ0) is 18.0. The lowest BCUT2D eigenvalue weighted by Crippen LogP contribution is -2.31. The van der Waals surface area contributed by atoms with Gasteiger partial charge in [-0.1, -0.05) is 35.9 Å². The van der Waals surface area contributed by atoms with E-state index >= 15 is 0 Å². The van der Waals surface area contributed by atoms with E-state index < -0.39 is 10.0 Å². The minimum atomic E-state index is -3.65. The smallest absolute Gasteiger partial charge is 0.240 e. The Morgan fingerprint density at radius 2 is 1.92 bits per heavy atom. The number of sulfonamides is 1. The Balaban J connectivity index is 1.65. The molecule has 1 N–H and O–H groups in total. The molecule has 0 aromatic heterocycles. The number of aryl methyl sites for hydroxylation is 1. The average molecular weight is 379 g/mol. The fourth-order valence-electron chi connectivity index (χ4n) is 2.83. The van der Waals surface area contributed by atoms with Crippen molar-refractivity contribution in [2.24, 2.45) is 5.92 Å². The van der Waals surface area contributed by atoms with Gasteiger partial charge in [0.25, 0.3) is 0 Å². The highest BCUT2D eigenvalue weighted by atomic mass is 35.5. The number of carbonyl (C=O) groups excluding carboxylic acids is 1. The van der Waals surface area contributed by atoms with Crippen molar-refractivity contribution in [3.05, 3.63) is 59.1 Å². The molecule has 1 amide bonds. The van der Waals surface area contributed by atoms with Crippen LogP contribution in [0.5, 0.6) is 0 Å². The Kier molecular flexibility index (Phi) is 5.13.